The van der Waals surface area contributed by atoms with Crippen LogP contribution in [-0.4, -0.2) is 33.6 Å². The summed E-state index contributed by atoms with van der Waals surface area (Å²) in [5.41, 5.74) is 3.12. The molecule has 2 aliphatic rings. The van der Waals surface area contributed by atoms with Crippen molar-refractivity contribution in [2.75, 3.05) is 17.7 Å². The first kappa shape index (κ1) is 19.0. The van der Waals surface area contributed by atoms with Crippen LogP contribution in [0.5, 0.6) is 0 Å². The zero-order valence-electron chi connectivity index (χ0n) is 15.8. The monoisotopic (exact) mass is 449 g/mol. The van der Waals surface area contributed by atoms with Crippen LogP contribution in [0.1, 0.15) is 54.8 Å². The summed E-state index contributed by atoms with van der Waals surface area (Å²) >= 11 is 5.17. The smallest absolute Gasteiger partial charge is 0.235 e. The van der Waals surface area contributed by atoms with E-state index >= 15 is 0 Å². The molecule has 0 radical (unpaired) electrons. The number of fused-ring (bicyclic) bond motifs is 1. The van der Waals surface area contributed by atoms with E-state index in [0.29, 0.717) is 12.4 Å². The highest BCUT2D eigenvalue weighted by molar-refractivity contribution is 9.10. The highest BCUT2D eigenvalue weighted by Crippen LogP contribution is 2.45. The van der Waals surface area contributed by atoms with Gasteiger partial charge in [-0.15, -0.1) is 11.8 Å². The van der Waals surface area contributed by atoms with Gasteiger partial charge in [-0.3, -0.25) is 4.79 Å². The number of hydrogen-bond donors (Lipinski definition) is 1. The standard InChI is InChI=1S/C20H24BrN3O2S/c1-12-17-18(13-4-6-14(21)7-5-13)27-11-16(25)22-19(17)24(23-12)15-8-9-26-20(2,3)10-15/h4-7,15,18H,8-11H2,1-3H3,(H,22,25)/t15-,18+/m1/s1. The fourth-order valence-electron chi connectivity index (χ4n) is 3.98. The molecule has 5 nitrogen and oxygen atoms in total. The molecule has 27 heavy (non-hydrogen) atoms. The number of halogens is 1. The van der Waals surface area contributed by atoms with Gasteiger partial charge in [0.1, 0.15) is 5.82 Å². The second-order valence-corrected chi connectivity index (χ2v) is 9.85. The van der Waals surface area contributed by atoms with Gasteiger partial charge in [0.05, 0.1) is 28.3 Å². The van der Waals surface area contributed by atoms with Crippen molar-refractivity contribution in [2.45, 2.75) is 50.5 Å². The fraction of sp³-hybridized carbons (Fsp3) is 0.500. The number of aryl methyl sites for hydroxylation is 1. The van der Waals surface area contributed by atoms with Gasteiger partial charge in [-0.2, -0.15) is 5.10 Å². The third-order valence-corrected chi connectivity index (χ3v) is 7.02. The van der Waals surface area contributed by atoms with E-state index in [9.17, 15) is 4.79 Å². The molecule has 4 rings (SSSR count). The topological polar surface area (TPSA) is 56.2 Å². The highest BCUT2D eigenvalue weighted by atomic mass is 79.9. The number of ether oxygens (including phenoxy) is 1. The van der Waals surface area contributed by atoms with Crippen LogP contribution in [0.4, 0.5) is 5.82 Å². The average molecular weight is 450 g/mol. The maximum atomic E-state index is 12.4. The molecule has 0 saturated carbocycles. The lowest BCUT2D eigenvalue weighted by Crippen LogP contribution is -2.36. The number of carbonyl (C=O) groups excluding carboxylic acids is 1. The molecule has 1 saturated heterocycles. The molecule has 0 aliphatic carbocycles. The van der Waals surface area contributed by atoms with E-state index in [1.54, 1.807) is 11.8 Å². The van der Waals surface area contributed by atoms with Gasteiger partial charge < -0.3 is 10.1 Å². The van der Waals surface area contributed by atoms with Crippen molar-refractivity contribution in [3.05, 3.63) is 45.6 Å². The Hall–Kier alpha value is -1.31. The Kier molecular flexibility index (Phi) is 5.12. The van der Waals surface area contributed by atoms with Crippen LogP contribution < -0.4 is 5.32 Å². The minimum absolute atomic E-state index is 0.0355. The summed E-state index contributed by atoms with van der Waals surface area (Å²) in [7, 11) is 0. The summed E-state index contributed by atoms with van der Waals surface area (Å²) in [6.07, 6.45) is 1.79. The first-order valence-corrected chi connectivity index (χ1v) is 11.1. The second-order valence-electron chi connectivity index (χ2n) is 7.84. The van der Waals surface area contributed by atoms with Crippen molar-refractivity contribution in [3.8, 4) is 0 Å². The molecule has 3 heterocycles. The summed E-state index contributed by atoms with van der Waals surface area (Å²) in [4.78, 5) is 12.4. The quantitative estimate of drug-likeness (QED) is 0.710. The SMILES string of the molecule is Cc1nn([C@@H]2CCOC(C)(C)C2)c2c1[C@H](c1ccc(Br)cc1)SCC(=O)N2. The molecular weight excluding hydrogens is 426 g/mol. The third kappa shape index (κ3) is 3.82. The number of nitrogens with zero attached hydrogens (tertiary/aromatic N) is 2. The first-order chi connectivity index (χ1) is 12.8. The van der Waals surface area contributed by atoms with E-state index in [0.717, 1.165) is 34.4 Å². The van der Waals surface area contributed by atoms with Crippen molar-refractivity contribution in [1.82, 2.24) is 9.78 Å². The highest BCUT2D eigenvalue weighted by Gasteiger charge is 2.35. The summed E-state index contributed by atoms with van der Waals surface area (Å²) in [6, 6.07) is 8.57. The van der Waals surface area contributed by atoms with Gasteiger partial charge in [-0.1, -0.05) is 28.1 Å². The van der Waals surface area contributed by atoms with Gasteiger partial charge in [0.15, 0.2) is 0 Å². The van der Waals surface area contributed by atoms with E-state index < -0.39 is 0 Å². The predicted molar refractivity (Wildman–Crippen MR) is 112 cm³/mol. The molecule has 1 amide bonds. The molecule has 2 atom stereocenters. The van der Waals surface area contributed by atoms with E-state index in [4.69, 9.17) is 9.84 Å². The number of aromatic nitrogens is 2. The molecule has 1 aromatic heterocycles. The Balaban J connectivity index is 1.78. The van der Waals surface area contributed by atoms with E-state index in [2.05, 4.69) is 59.4 Å². The number of anilines is 1. The lowest BCUT2D eigenvalue weighted by Gasteiger charge is -2.36. The predicted octanol–water partition coefficient (Wildman–Crippen LogP) is 4.86. The Labute approximate surface area is 172 Å². The van der Waals surface area contributed by atoms with Crippen LogP contribution in [-0.2, 0) is 9.53 Å². The molecule has 7 heteroatoms. The van der Waals surface area contributed by atoms with Crippen molar-refractivity contribution >= 4 is 39.4 Å². The first-order valence-electron chi connectivity index (χ1n) is 9.24. The molecule has 0 unspecified atom stereocenters. The molecule has 1 fully saturated rings. The lowest BCUT2D eigenvalue weighted by atomic mass is 9.94. The Bertz CT molecular complexity index is 863. The minimum atomic E-state index is -0.176. The second kappa shape index (κ2) is 7.26. The Morgan fingerprint density at radius 3 is 2.78 bits per heavy atom. The fourth-order valence-corrected chi connectivity index (χ4v) is 5.44. The van der Waals surface area contributed by atoms with E-state index in [1.807, 2.05) is 11.6 Å². The molecule has 144 valence electrons. The van der Waals surface area contributed by atoms with Crippen LogP contribution in [0, 0.1) is 6.92 Å². The van der Waals surface area contributed by atoms with Gasteiger partial charge in [0, 0.05) is 16.6 Å². The zero-order chi connectivity index (χ0) is 19.2. The number of hydrogen-bond acceptors (Lipinski definition) is 4. The number of amides is 1. The maximum absolute atomic E-state index is 12.4. The normalized spacial score (nSPS) is 24.8. The molecule has 2 aromatic rings. The number of rotatable bonds is 2. The van der Waals surface area contributed by atoms with Crippen LogP contribution in [0.25, 0.3) is 0 Å². The van der Waals surface area contributed by atoms with Gasteiger partial charge in [0.2, 0.25) is 5.91 Å². The van der Waals surface area contributed by atoms with Gasteiger partial charge in [-0.05, 0) is 51.3 Å². The summed E-state index contributed by atoms with van der Waals surface area (Å²) in [5.74, 6) is 1.33. The third-order valence-electron chi connectivity index (χ3n) is 5.22. The Morgan fingerprint density at radius 2 is 2.07 bits per heavy atom. The molecular formula is C20H24BrN3O2S. The van der Waals surface area contributed by atoms with Gasteiger partial charge in [-0.25, -0.2) is 4.68 Å². The van der Waals surface area contributed by atoms with Gasteiger partial charge >= 0.3 is 0 Å². The molecule has 1 N–H and O–H groups in total. The summed E-state index contributed by atoms with van der Waals surface area (Å²) in [6.45, 7) is 6.99. The van der Waals surface area contributed by atoms with Gasteiger partial charge in [0.25, 0.3) is 0 Å². The number of nitrogens with one attached hydrogen (secondary N) is 1. The minimum Gasteiger partial charge on any atom is -0.375 e. The van der Waals surface area contributed by atoms with Crippen molar-refractivity contribution in [2.24, 2.45) is 0 Å². The van der Waals surface area contributed by atoms with Crippen molar-refractivity contribution < 1.29 is 9.53 Å². The van der Waals surface area contributed by atoms with Crippen LogP contribution in [0.3, 0.4) is 0 Å². The van der Waals surface area contributed by atoms with E-state index in [-0.39, 0.29) is 22.8 Å². The van der Waals surface area contributed by atoms with Crippen LogP contribution >= 0.6 is 27.7 Å². The Morgan fingerprint density at radius 1 is 1.33 bits per heavy atom. The largest absolute Gasteiger partial charge is 0.375 e. The van der Waals surface area contributed by atoms with E-state index in [1.165, 1.54) is 5.56 Å². The van der Waals surface area contributed by atoms with Crippen LogP contribution in [0.2, 0.25) is 0 Å². The molecule has 0 bridgehead atoms. The molecule has 2 aliphatic heterocycles. The number of carbonyl (C=O) groups is 1. The molecule has 1 aromatic carbocycles. The average Bonchev–Trinajstić information content (AvgIpc) is 2.81. The molecule has 0 spiro atoms. The number of benzene rings is 1. The van der Waals surface area contributed by atoms with Crippen molar-refractivity contribution in [3.63, 3.8) is 0 Å². The van der Waals surface area contributed by atoms with Crippen LogP contribution in [0.15, 0.2) is 28.7 Å². The summed E-state index contributed by atoms with van der Waals surface area (Å²) in [5, 5.41) is 8.10. The zero-order valence-corrected chi connectivity index (χ0v) is 18.2. The maximum Gasteiger partial charge on any atom is 0.235 e. The van der Waals surface area contributed by atoms with Crippen molar-refractivity contribution in [1.29, 1.82) is 0 Å². The lowest BCUT2D eigenvalue weighted by molar-refractivity contribution is -0.113. The summed E-state index contributed by atoms with van der Waals surface area (Å²) < 4.78 is 8.98. The number of thioether (sulfide) groups is 1.